The van der Waals surface area contributed by atoms with E-state index in [1.54, 1.807) is 0 Å². The van der Waals surface area contributed by atoms with Crippen LogP contribution in [-0.2, 0) is 9.53 Å². The molecule has 70 valence electrons. The third-order valence-electron chi connectivity index (χ3n) is 2.29. The van der Waals surface area contributed by atoms with Crippen LogP contribution >= 0.6 is 0 Å². The molecule has 1 fully saturated rings. The average molecular weight is 173 g/mol. The third-order valence-corrected chi connectivity index (χ3v) is 2.29. The van der Waals surface area contributed by atoms with Crippen LogP contribution in [0.15, 0.2) is 0 Å². The van der Waals surface area contributed by atoms with Crippen molar-refractivity contribution < 1.29 is 14.6 Å². The Morgan fingerprint density at radius 3 is 2.75 bits per heavy atom. The first kappa shape index (κ1) is 9.48. The molecule has 2 N–H and O–H groups in total. The zero-order valence-electron chi connectivity index (χ0n) is 7.30. The van der Waals surface area contributed by atoms with Crippen molar-refractivity contribution in [2.24, 2.45) is 5.41 Å². The Hall–Kier alpha value is -0.610. The Morgan fingerprint density at radius 2 is 2.33 bits per heavy atom. The number of rotatable bonds is 5. The van der Waals surface area contributed by atoms with Crippen molar-refractivity contribution in [2.45, 2.75) is 12.8 Å². The lowest BCUT2D eigenvalue weighted by molar-refractivity contribution is -0.139. The molecule has 0 spiro atoms. The summed E-state index contributed by atoms with van der Waals surface area (Å²) in [5, 5.41) is 11.9. The number of carbonyl (C=O) groups excluding carboxylic acids is 1. The Morgan fingerprint density at radius 1 is 1.67 bits per heavy atom. The molecule has 0 aliphatic heterocycles. The molecule has 1 aliphatic carbocycles. The van der Waals surface area contributed by atoms with Crippen molar-refractivity contribution in [3.63, 3.8) is 0 Å². The Kier molecular flexibility index (Phi) is 3.05. The summed E-state index contributed by atoms with van der Waals surface area (Å²) in [6.45, 7) is 1.15. The Bertz CT molecular complexity index is 166. The van der Waals surface area contributed by atoms with Crippen LogP contribution in [0.3, 0.4) is 0 Å². The van der Waals surface area contributed by atoms with Gasteiger partial charge < -0.3 is 15.2 Å². The number of aliphatic hydroxyl groups excluding tert-OH is 1. The lowest BCUT2D eigenvalue weighted by Crippen LogP contribution is -2.31. The highest BCUT2D eigenvalue weighted by molar-refractivity contribution is 5.71. The van der Waals surface area contributed by atoms with Gasteiger partial charge in [-0.3, -0.25) is 4.79 Å². The fourth-order valence-corrected chi connectivity index (χ4v) is 1.07. The molecule has 0 unspecified atom stereocenters. The molecular formula is C8H15NO3. The second-order valence-electron chi connectivity index (χ2n) is 3.34. The molecule has 1 rings (SSSR count). The van der Waals surface area contributed by atoms with E-state index in [1.807, 2.05) is 0 Å². The first-order valence-electron chi connectivity index (χ1n) is 4.11. The highest BCUT2D eigenvalue weighted by Crippen LogP contribution is 2.44. The van der Waals surface area contributed by atoms with Gasteiger partial charge in [-0.15, -0.1) is 0 Å². The smallest absolute Gasteiger partial charge is 0.319 e. The van der Waals surface area contributed by atoms with E-state index in [4.69, 9.17) is 5.11 Å². The predicted molar refractivity (Wildman–Crippen MR) is 43.6 cm³/mol. The summed E-state index contributed by atoms with van der Waals surface area (Å²) in [4.78, 5) is 10.7. The van der Waals surface area contributed by atoms with Gasteiger partial charge in [0.2, 0.25) is 0 Å². The number of nitrogens with one attached hydrogen (secondary N) is 1. The van der Waals surface area contributed by atoms with Crippen LogP contribution in [0, 0.1) is 5.41 Å². The van der Waals surface area contributed by atoms with Gasteiger partial charge >= 0.3 is 5.97 Å². The van der Waals surface area contributed by atoms with E-state index in [9.17, 15) is 4.79 Å². The van der Waals surface area contributed by atoms with E-state index >= 15 is 0 Å². The predicted octanol–water partition coefficient (Wildman–Crippen LogP) is -0.479. The standard InChI is InChI=1S/C8H15NO3/c1-12-7(11)4-9-5-8(6-10)2-3-8/h9-10H,2-6H2,1H3. The molecule has 0 aromatic rings. The highest BCUT2D eigenvalue weighted by atomic mass is 16.5. The summed E-state index contributed by atoms with van der Waals surface area (Å²) in [5.41, 5.74) is 0.0635. The van der Waals surface area contributed by atoms with Gasteiger partial charge in [-0.05, 0) is 12.8 Å². The topological polar surface area (TPSA) is 58.6 Å². The zero-order chi connectivity index (χ0) is 9.03. The summed E-state index contributed by atoms with van der Waals surface area (Å²) < 4.78 is 4.46. The molecule has 4 heteroatoms. The number of esters is 1. The number of methoxy groups -OCH3 is 1. The van der Waals surface area contributed by atoms with Gasteiger partial charge in [-0.25, -0.2) is 0 Å². The lowest BCUT2D eigenvalue weighted by atomic mass is 10.1. The first-order chi connectivity index (χ1) is 5.72. The molecule has 1 saturated carbocycles. The summed E-state index contributed by atoms with van der Waals surface area (Å²) in [7, 11) is 1.36. The highest BCUT2D eigenvalue weighted by Gasteiger charge is 2.41. The fourth-order valence-electron chi connectivity index (χ4n) is 1.07. The number of aliphatic hydroxyl groups is 1. The summed E-state index contributed by atoms with van der Waals surface area (Å²) in [6.07, 6.45) is 2.11. The molecule has 1 aliphatic rings. The van der Waals surface area contributed by atoms with Crippen LogP contribution in [0.1, 0.15) is 12.8 Å². The van der Waals surface area contributed by atoms with Gasteiger partial charge in [-0.2, -0.15) is 0 Å². The minimum atomic E-state index is -0.260. The van der Waals surface area contributed by atoms with E-state index < -0.39 is 0 Å². The third kappa shape index (κ3) is 2.46. The quantitative estimate of drug-likeness (QED) is 0.551. The second-order valence-corrected chi connectivity index (χ2v) is 3.34. The average Bonchev–Trinajstić information content (AvgIpc) is 2.85. The Labute approximate surface area is 71.9 Å². The van der Waals surface area contributed by atoms with Crippen molar-refractivity contribution in [3.8, 4) is 0 Å². The summed E-state index contributed by atoms with van der Waals surface area (Å²) in [6, 6.07) is 0. The molecular weight excluding hydrogens is 158 g/mol. The van der Waals surface area contributed by atoms with Gasteiger partial charge in [0, 0.05) is 18.6 Å². The van der Waals surface area contributed by atoms with Crippen molar-refractivity contribution in [1.82, 2.24) is 5.32 Å². The maximum Gasteiger partial charge on any atom is 0.319 e. The van der Waals surface area contributed by atoms with E-state index in [1.165, 1.54) is 7.11 Å². The van der Waals surface area contributed by atoms with Crippen LogP contribution in [0.4, 0.5) is 0 Å². The van der Waals surface area contributed by atoms with E-state index in [0.29, 0.717) is 6.54 Å². The van der Waals surface area contributed by atoms with Crippen LogP contribution < -0.4 is 5.32 Å². The molecule has 0 aromatic heterocycles. The monoisotopic (exact) mass is 173 g/mol. The van der Waals surface area contributed by atoms with Crippen molar-refractivity contribution in [2.75, 3.05) is 26.8 Å². The first-order valence-corrected chi connectivity index (χ1v) is 4.11. The van der Waals surface area contributed by atoms with Crippen molar-refractivity contribution >= 4 is 5.97 Å². The molecule has 0 amide bonds. The fraction of sp³-hybridized carbons (Fsp3) is 0.875. The van der Waals surface area contributed by atoms with Crippen LogP contribution in [0.2, 0.25) is 0 Å². The van der Waals surface area contributed by atoms with Gasteiger partial charge in [0.1, 0.15) is 0 Å². The normalized spacial score (nSPS) is 18.8. The molecule has 0 atom stereocenters. The van der Waals surface area contributed by atoms with Gasteiger partial charge in [0.25, 0.3) is 0 Å². The van der Waals surface area contributed by atoms with E-state index in [2.05, 4.69) is 10.1 Å². The molecule has 0 radical (unpaired) electrons. The van der Waals surface area contributed by atoms with E-state index in [-0.39, 0.29) is 24.5 Å². The van der Waals surface area contributed by atoms with Crippen LogP contribution in [-0.4, -0.2) is 37.9 Å². The van der Waals surface area contributed by atoms with Crippen LogP contribution in [0.5, 0.6) is 0 Å². The lowest BCUT2D eigenvalue weighted by Gasteiger charge is -2.11. The SMILES string of the molecule is COC(=O)CNCC1(CO)CC1. The molecule has 0 heterocycles. The van der Waals surface area contributed by atoms with Crippen molar-refractivity contribution in [3.05, 3.63) is 0 Å². The molecule has 0 aromatic carbocycles. The second kappa shape index (κ2) is 3.87. The Balaban J connectivity index is 2.06. The van der Waals surface area contributed by atoms with Crippen molar-refractivity contribution in [1.29, 1.82) is 0 Å². The van der Waals surface area contributed by atoms with Gasteiger partial charge in [-0.1, -0.05) is 0 Å². The zero-order valence-corrected chi connectivity index (χ0v) is 7.30. The largest absolute Gasteiger partial charge is 0.468 e. The number of carbonyl (C=O) groups is 1. The van der Waals surface area contributed by atoms with Gasteiger partial charge in [0.15, 0.2) is 0 Å². The van der Waals surface area contributed by atoms with Crippen LogP contribution in [0.25, 0.3) is 0 Å². The molecule has 0 bridgehead atoms. The number of hydrogen-bond donors (Lipinski definition) is 2. The molecule has 0 saturated heterocycles. The minimum absolute atomic E-state index is 0.0635. The minimum Gasteiger partial charge on any atom is -0.468 e. The maximum atomic E-state index is 10.7. The maximum absolute atomic E-state index is 10.7. The summed E-state index contributed by atoms with van der Waals surface area (Å²) in [5.74, 6) is -0.260. The summed E-state index contributed by atoms with van der Waals surface area (Å²) >= 11 is 0. The number of ether oxygens (including phenoxy) is 1. The van der Waals surface area contributed by atoms with Gasteiger partial charge in [0.05, 0.1) is 13.7 Å². The number of hydrogen-bond acceptors (Lipinski definition) is 4. The molecule has 4 nitrogen and oxygen atoms in total. The molecule has 12 heavy (non-hydrogen) atoms. The van der Waals surface area contributed by atoms with E-state index in [0.717, 1.165) is 12.8 Å².